The van der Waals surface area contributed by atoms with Gasteiger partial charge >= 0.3 is 0 Å². The van der Waals surface area contributed by atoms with Crippen LogP contribution in [0, 0.1) is 6.92 Å². The van der Waals surface area contributed by atoms with Gasteiger partial charge in [-0.05, 0) is 70.4 Å². The van der Waals surface area contributed by atoms with Gasteiger partial charge in [0.15, 0.2) is 0 Å². The first kappa shape index (κ1) is 31.7. The molecule has 0 bridgehead atoms. The van der Waals surface area contributed by atoms with Gasteiger partial charge in [0.25, 0.3) is 10.0 Å². The zero-order valence-electron chi connectivity index (χ0n) is 24.8. The molecule has 1 atom stereocenters. The molecule has 0 spiro atoms. The monoisotopic (exact) mass is 579 g/mol. The largest absolute Gasteiger partial charge is 0.497 e. The van der Waals surface area contributed by atoms with Gasteiger partial charge in [0.2, 0.25) is 11.8 Å². The summed E-state index contributed by atoms with van der Waals surface area (Å²) >= 11 is 0. The third kappa shape index (κ3) is 8.57. The summed E-state index contributed by atoms with van der Waals surface area (Å²) in [4.78, 5) is 29.1. The van der Waals surface area contributed by atoms with Gasteiger partial charge in [0.05, 0.1) is 17.7 Å². The maximum Gasteiger partial charge on any atom is 0.264 e. The average molecular weight is 580 g/mol. The van der Waals surface area contributed by atoms with Crippen LogP contribution in [0.15, 0.2) is 83.8 Å². The molecule has 41 heavy (non-hydrogen) atoms. The summed E-state index contributed by atoms with van der Waals surface area (Å²) in [6.45, 7) is 9.12. The van der Waals surface area contributed by atoms with Crippen LogP contribution in [0.5, 0.6) is 5.75 Å². The number of carbonyl (C=O) groups is 2. The number of hydrogen-bond acceptors (Lipinski definition) is 5. The van der Waals surface area contributed by atoms with E-state index < -0.39 is 34.1 Å². The van der Waals surface area contributed by atoms with Crippen molar-refractivity contribution >= 4 is 27.5 Å². The Hall–Kier alpha value is -3.85. The third-order valence-corrected chi connectivity index (χ3v) is 8.39. The van der Waals surface area contributed by atoms with Crippen molar-refractivity contribution in [1.29, 1.82) is 0 Å². The van der Waals surface area contributed by atoms with Crippen molar-refractivity contribution in [2.45, 2.75) is 63.9 Å². The zero-order valence-corrected chi connectivity index (χ0v) is 25.6. The van der Waals surface area contributed by atoms with Crippen molar-refractivity contribution in [2.24, 2.45) is 0 Å². The maximum atomic E-state index is 14.1. The molecule has 0 heterocycles. The SMILES string of the molecule is CC[C@@H](C(=O)NC(C)(C)C)N(CCc1ccccc1)C(=O)CN(c1cccc(OC)c1)S(=O)(=O)c1ccc(C)cc1. The van der Waals surface area contributed by atoms with Gasteiger partial charge in [-0.25, -0.2) is 8.42 Å². The molecule has 0 aliphatic heterocycles. The number of anilines is 1. The third-order valence-electron chi connectivity index (χ3n) is 6.60. The summed E-state index contributed by atoms with van der Waals surface area (Å²) in [6.07, 6.45) is 0.877. The van der Waals surface area contributed by atoms with E-state index in [1.54, 1.807) is 36.4 Å². The van der Waals surface area contributed by atoms with Crippen LogP contribution in [0.1, 0.15) is 45.2 Å². The first-order valence-corrected chi connectivity index (χ1v) is 15.2. The average Bonchev–Trinajstić information content (AvgIpc) is 2.93. The van der Waals surface area contributed by atoms with Crippen LogP contribution in [0.2, 0.25) is 0 Å². The van der Waals surface area contributed by atoms with Crippen molar-refractivity contribution in [2.75, 3.05) is 24.5 Å². The molecule has 3 aromatic rings. The van der Waals surface area contributed by atoms with E-state index in [9.17, 15) is 18.0 Å². The lowest BCUT2D eigenvalue weighted by Crippen LogP contribution is -2.56. The molecular weight excluding hydrogens is 538 g/mol. The number of rotatable bonds is 12. The van der Waals surface area contributed by atoms with Gasteiger partial charge < -0.3 is 15.0 Å². The lowest BCUT2D eigenvalue weighted by atomic mass is 10.1. The lowest BCUT2D eigenvalue weighted by Gasteiger charge is -2.34. The summed E-state index contributed by atoms with van der Waals surface area (Å²) in [7, 11) is -2.65. The van der Waals surface area contributed by atoms with Gasteiger partial charge in [-0.3, -0.25) is 13.9 Å². The van der Waals surface area contributed by atoms with E-state index in [4.69, 9.17) is 4.74 Å². The number of ether oxygens (including phenoxy) is 1. The van der Waals surface area contributed by atoms with E-state index in [2.05, 4.69) is 5.32 Å². The number of aryl methyl sites for hydroxylation is 1. The molecular formula is C32H41N3O5S. The topological polar surface area (TPSA) is 96.0 Å². The van der Waals surface area contributed by atoms with Crippen LogP contribution in [0.25, 0.3) is 0 Å². The molecule has 0 saturated heterocycles. The van der Waals surface area contributed by atoms with Gasteiger partial charge in [0, 0.05) is 18.2 Å². The van der Waals surface area contributed by atoms with Gasteiger partial charge in [-0.2, -0.15) is 0 Å². The molecule has 0 saturated carbocycles. The van der Waals surface area contributed by atoms with Crippen LogP contribution < -0.4 is 14.4 Å². The Morgan fingerprint density at radius 2 is 1.61 bits per heavy atom. The fourth-order valence-electron chi connectivity index (χ4n) is 4.48. The Labute approximate surface area is 244 Å². The highest BCUT2D eigenvalue weighted by atomic mass is 32.2. The highest BCUT2D eigenvalue weighted by Gasteiger charge is 2.34. The Bertz CT molecular complexity index is 1420. The molecule has 220 valence electrons. The van der Waals surface area contributed by atoms with Crippen LogP contribution in [-0.4, -0.2) is 56.9 Å². The molecule has 1 N–H and O–H groups in total. The van der Waals surface area contributed by atoms with E-state index in [1.807, 2.05) is 65.0 Å². The van der Waals surface area contributed by atoms with Crippen molar-refractivity contribution in [1.82, 2.24) is 10.2 Å². The Balaban J connectivity index is 2.04. The normalized spacial score (nSPS) is 12.3. The second kappa shape index (κ2) is 13.7. The highest BCUT2D eigenvalue weighted by molar-refractivity contribution is 7.92. The predicted octanol–water partition coefficient (Wildman–Crippen LogP) is 4.96. The smallest absolute Gasteiger partial charge is 0.264 e. The van der Waals surface area contributed by atoms with Crippen molar-refractivity contribution in [3.63, 3.8) is 0 Å². The molecule has 0 fully saturated rings. The predicted molar refractivity (Wildman–Crippen MR) is 163 cm³/mol. The summed E-state index contributed by atoms with van der Waals surface area (Å²) in [5.41, 5.74) is 1.71. The fraction of sp³-hybridized carbons (Fsp3) is 0.375. The number of nitrogens with one attached hydrogen (secondary N) is 1. The number of sulfonamides is 1. The molecule has 0 aliphatic carbocycles. The maximum absolute atomic E-state index is 14.1. The first-order chi connectivity index (χ1) is 19.4. The Kier molecular flexibility index (Phi) is 10.6. The quantitative estimate of drug-likeness (QED) is 0.327. The summed E-state index contributed by atoms with van der Waals surface area (Å²) < 4.78 is 34.4. The second-order valence-electron chi connectivity index (χ2n) is 11.0. The van der Waals surface area contributed by atoms with Gasteiger partial charge in [0.1, 0.15) is 18.3 Å². The molecule has 8 nitrogen and oxygen atoms in total. The molecule has 0 unspecified atom stereocenters. The number of benzene rings is 3. The van der Waals surface area contributed by atoms with Crippen LogP contribution in [0.4, 0.5) is 5.69 Å². The zero-order chi connectivity index (χ0) is 30.2. The van der Waals surface area contributed by atoms with Crippen molar-refractivity contribution in [3.8, 4) is 5.75 Å². The molecule has 2 amide bonds. The minimum atomic E-state index is -4.14. The van der Waals surface area contributed by atoms with E-state index in [1.165, 1.54) is 24.1 Å². The number of amides is 2. The van der Waals surface area contributed by atoms with Gasteiger partial charge in [-0.15, -0.1) is 0 Å². The van der Waals surface area contributed by atoms with E-state index in [0.29, 0.717) is 18.6 Å². The Morgan fingerprint density at radius 1 is 0.951 bits per heavy atom. The lowest BCUT2D eigenvalue weighted by molar-refractivity contribution is -0.140. The minimum Gasteiger partial charge on any atom is -0.497 e. The molecule has 3 aromatic carbocycles. The highest BCUT2D eigenvalue weighted by Crippen LogP contribution is 2.28. The number of hydrogen-bond donors (Lipinski definition) is 1. The van der Waals surface area contributed by atoms with Crippen LogP contribution in [0.3, 0.4) is 0 Å². The van der Waals surface area contributed by atoms with Crippen LogP contribution >= 0.6 is 0 Å². The van der Waals surface area contributed by atoms with Crippen LogP contribution in [-0.2, 0) is 26.0 Å². The standard InChI is InChI=1S/C32H41N3O5S/c1-7-29(31(37)33-32(3,4)5)34(21-20-25-12-9-8-10-13-25)30(36)23-35(26-14-11-15-27(22-26)40-6)41(38,39)28-18-16-24(2)17-19-28/h8-19,22,29H,7,20-21,23H2,1-6H3,(H,33,37)/t29-/m0/s1. The molecule has 3 rings (SSSR count). The fourth-order valence-corrected chi connectivity index (χ4v) is 5.89. The number of methoxy groups -OCH3 is 1. The molecule has 0 aliphatic rings. The Morgan fingerprint density at radius 3 is 2.20 bits per heavy atom. The van der Waals surface area contributed by atoms with E-state index in [-0.39, 0.29) is 23.0 Å². The summed E-state index contributed by atoms with van der Waals surface area (Å²) in [6, 6.07) is 22.0. The van der Waals surface area contributed by atoms with E-state index in [0.717, 1.165) is 15.4 Å². The van der Waals surface area contributed by atoms with Gasteiger partial charge in [-0.1, -0.05) is 61.0 Å². The molecule has 0 aromatic heterocycles. The van der Waals surface area contributed by atoms with Crippen molar-refractivity contribution < 1.29 is 22.7 Å². The molecule has 0 radical (unpaired) electrons. The van der Waals surface area contributed by atoms with Crippen molar-refractivity contribution in [3.05, 3.63) is 90.0 Å². The summed E-state index contributed by atoms with van der Waals surface area (Å²) in [5, 5.41) is 2.98. The van der Waals surface area contributed by atoms with E-state index >= 15 is 0 Å². The summed E-state index contributed by atoms with van der Waals surface area (Å²) in [5.74, 6) is -0.304. The molecule has 9 heteroatoms. The number of nitrogens with zero attached hydrogens (tertiary/aromatic N) is 2. The second-order valence-corrected chi connectivity index (χ2v) is 12.9. The minimum absolute atomic E-state index is 0.0621. The first-order valence-electron chi connectivity index (χ1n) is 13.7. The number of carbonyl (C=O) groups excluding carboxylic acids is 2.